The second kappa shape index (κ2) is 4.66. The Morgan fingerprint density at radius 3 is 2.75 bits per heavy atom. The molecule has 0 aliphatic carbocycles. The van der Waals surface area contributed by atoms with E-state index < -0.39 is 5.97 Å². The SMILES string of the molecule is CCN(CC(=O)O)c1c(C#N)c(C)nn1C. The number of anilines is 1. The number of likely N-dealkylation sites (N-methyl/N-ethyl adjacent to an activating group) is 1. The fourth-order valence-corrected chi connectivity index (χ4v) is 1.64. The van der Waals surface area contributed by atoms with Gasteiger partial charge in [0.05, 0.1) is 5.69 Å². The van der Waals surface area contributed by atoms with Crippen molar-refractivity contribution in [2.24, 2.45) is 7.05 Å². The maximum atomic E-state index is 10.7. The summed E-state index contributed by atoms with van der Waals surface area (Å²) in [6, 6.07) is 2.05. The minimum Gasteiger partial charge on any atom is -0.480 e. The van der Waals surface area contributed by atoms with E-state index >= 15 is 0 Å². The molecule has 86 valence electrons. The molecule has 6 heteroatoms. The quantitative estimate of drug-likeness (QED) is 0.802. The van der Waals surface area contributed by atoms with E-state index in [0.717, 1.165) is 0 Å². The molecule has 0 saturated heterocycles. The first-order chi connectivity index (χ1) is 7.51. The first-order valence-electron chi connectivity index (χ1n) is 4.91. The highest BCUT2D eigenvalue weighted by Crippen LogP contribution is 2.21. The van der Waals surface area contributed by atoms with E-state index in [1.807, 2.05) is 6.92 Å². The summed E-state index contributed by atoms with van der Waals surface area (Å²) in [7, 11) is 1.70. The zero-order valence-corrected chi connectivity index (χ0v) is 9.56. The molecule has 0 bridgehead atoms. The highest BCUT2D eigenvalue weighted by molar-refractivity contribution is 5.74. The summed E-state index contributed by atoms with van der Waals surface area (Å²) >= 11 is 0. The van der Waals surface area contributed by atoms with Crippen LogP contribution in [0.4, 0.5) is 5.82 Å². The molecule has 0 spiro atoms. The van der Waals surface area contributed by atoms with Gasteiger partial charge in [-0.25, -0.2) is 0 Å². The Balaban J connectivity index is 3.19. The molecule has 1 N–H and O–H groups in total. The molecule has 0 unspecified atom stereocenters. The highest BCUT2D eigenvalue weighted by atomic mass is 16.4. The predicted molar refractivity (Wildman–Crippen MR) is 58.2 cm³/mol. The van der Waals surface area contributed by atoms with E-state index in [9.17, 15) is 4.79 Å². The van der Waals surface area contributed by atoms with Crippen LogP contribution in [0.25, 0.3) is 0 Å². The molecular weight excluding hydrogens is 208 g/mol. The van der Waals surface area contributed by atoms with Crippen LogP contribution in [0.2, 0.25) is 0 Å². The Labute approximate surface area is 93.7 Å². The van der Waals surface area contributed by atoms with Crippen LogP contribution >= 0.6 is 0 Å². The second-order valence-electron chi connectivity index (χ2n) is 3.43. The molecule has 0 aromatic carbocycles. The molecule has 0 radical (unpaired) electrons. The van der Waals surface area contributed by atoms with Crippen molar-refractivity contribution in [1.29, 1.82) is 5.26 Å². The van der Waals surface area contributed by atoms with Crippen molar-refractivity contribution >= 4 is 11.8 Å². The van der Waals surface area contributed by atoms with Gasteiger partial charge >= 0.3 is 5.97 Å². The molecule has 1 aromatic rings. The average Bonchev–Trinajstić information content (AvgIpc) is 2.49. The number of aliphatic carboxylic acids is 1. The molecule has 0 fully saturated rings. The van der Waals surface area contributed by atoms with Crippen molar-refractivity contribution in [2.45, 2.75) is 13.8 Å². The Bertz CT molecular complexity index is 444. The van der Waals surface area contributed by atoms with Crippen LogP contribution < -0.4 is 4.90 Å². The van der Waals surface area contributed by atoms with Crippen LogP contribution in [-0.2, 0) is 11.8 Å². The summed E-state index contributed by atoms with van der Waals surface area (Å²) in [5.74, 6) is -0.366. The number of hydrogen-bond acceptors (Lipinski definition) is 4. The summed E-state index contributed by atoms with van der Waals surface area (Å²) in [4.78, 5) is 12.3. The summed E-state index contributed by atoms with van der Waals surface area (Å²) in [5.41, 5.74) is 1.05. The van der Waals surface area contributed by atoms with Gasteiger partial charge in [-0.1, -0.05) is 0 Å². The van der Waals surface area contributed by atoms with E-state index in [2.05, 4.69) is 11.2 Å². The van der Waals surface area contributed by atoms with Gasteiger partial charge in [-0.15, -0.1) is 0 Å². The van der Waals surface area contributed by atoms with Crippen LogP contribution in [0.15, 0.2) is 0 Å². The molecule has 1 heterocycles. The van der Waals surface area contributed by atoms with Crippen LogP contribution in [0.5, 0.6) is 0 Å². The van der Waals surface area contributed by atoms with Gasteiger partial charge in [0.1, 0.15) is 24.0 Å². The Hall–Kier alpha value is -2.03. The number of carbonyl (C=O) groups is 1. The number of carboxylic acid groups (broad SMARTS) is 1. The minimum absolute atomic E-state index is 0.135. The molecular formula is C10H14N4O2. The van der Waals surface area contributed by atoms with Gasteiger partial charge in [-0.3, -0.25) is 9.48 Å². The van der Waals surface area contributed by atoms with Crippen molar-refractivity contribution < 1.29 is 9.90 Å². The maximum Gasteiger partial charge on any atom is 0.323 e. The molecule has 1 aromatic heterocycles. The second-order valence-corrected chi connectivity index (χ2v) is 3.43. The number of nitriles is 1. The minimum atomic E-state index is -0.926. The number of aromatic nitrogens is 2. The monoisotopic (exact) mass is 222 g/mol. The maximum absolute atomic E-state index is 10.7. The first-order valence-corrected chi connectivity index (χ1v) is 4.91. The molecule has 16 heavy (non-hydrogen) atoms. The number of aryl methyl sites for hydroxylation is 2. The normalized spacial score (nSPS) is 9.88. The zero-order chi connectivity index (χ0) is 12.3. The first kappa shape index (κ1) is 12.0. The van der Waals surface area contributed by atoms with Crippen molar-refractivity contribution in [3.05, 3.63) is 11.3 Å². The van der Waals surface area contributed by atoms with Gasteiger partial charge in [0.25, 0.3) is 0 Å². The zero-order valence-electron chi connectivity index (χ0n) is 9.56. The van der Waals surface area contributed by atoms with Crippen molar-refractivity contribution in [3.63, 3.8) is 0 Å². The lowest BCUT2D eigenvalue weighted by Crippen LogP contribution is -2.31. The smallest absolute Gasteiger partial charge is 0.323 e. The van der Waals surface area contributed by atoms with Gasteiger partial charge in [-0.05, 0) is 13.8 Å². The molecule has 0 amide bonds. The number of hydrogen-bond donors (Lipinski definition) is 1. The Kier molecular flexibility index (Phi) is 3.51. The highest BCUT2D eigenvalue weighted by Gasteiger charge is 2.19. The lowest BCUT2D eigenvalue weighted by atomic mass is 10.2. The molecule has 0 aliphatic rings. The molecule has 0 atom stereocenters. The Morgan fingerprint density at radius 2 is 2.31 bits per heavy atom. The third-order valence-corrected chi connectivity index (χ3v) is 2.31. The number of carboxylic acids is 1. The van der Waals surface area contributed by atoms with Gasteiger partial charge in [-0.2, -0.15) is 10.4 Å². The summed E-state index contributed by atoms with van der Waals surface area (Å²) in [6.45, 7) is 3.95. The molecule has 1 rings (SSSR count). The van der Waals surface area contributed by atoms with E-state index in [1.54, 1.807) is 23.6 Å². The third-order valence-electron chi connectivity index (χ3n) is 2.31. The lowest BCUT2D eigenvalue weighted by molar-refractivity contribution is -0.135. The lowest BCUT2D eigenvalue weighted by Gasteiger charge is -2.20. The van der Waals surface area contributed by atoms with E-state index in [1.165, 1.54) is 0 Å². The van der Waals surface area contributed by atoms with Crippen molar-refractivity contribution in [2.75, 3.05) is 18.0 Å². The van der Waals surface area contributed by atoms with Crippen LogP contribution in [0, 0.1) is 18.3 Å². The average molecular weight is 222 g/mol. The van der Waals surface area contributed by atoms with Gasteiger partial charge < -0.3 is 10.0 Å². The van der Waals surface area contributed by atoms with Crippen molar-refractivity contribution in [3.8, 4) is 6.07 Å². The van der Waals surface area contributed by atoms with Crippen molar-refractivity contribution in [1.82, 2.24) is 9.78 Å². The van der Waals surface area contributed by atoms with Gasteiger partial charge in [0, 0.05) is 13.6 Å². The summed E-state index contributed by atoms with van der Waals surface area (Å²) in [5, 5.41) is 21.9. The molecule has 6 nitrogen and oxygen atoms in total. The molecule has 0 aliphatic heterocycles. The van der Waals surface area contributed by atoms with Gasteiger partial charge in [0.2, 0.25) is 0 Å². The largest absolute Gasteiger partial charge is 0.480 e. The number of nitrogens with zero attached hydrogens (tertiary/aromatic N) is 4. The fraction of sp³-hybridized carbons (Fsp3) is 0.500. The summed E-state index contributed by atoms with van der Waals surface area (Å²) < 4.78 is 1.54. The van der Waals surface area contributed by atoms with Crippen LogP contribution in [0.3, 0.4) is 0 Å². The molecule has 0 saturated carbocycles. The van der Waals surface area contributed by atoms with E-state index in [4.69, 9.17) is 10.4 Å². The topological polar surface area (TPSA) is 82.2 Å². The summed E-state index contributed by atoms with van der Waals surface area (Å²) in [6.07, 6.45) is 0. The van der Waals surface area contributed by atoms with E-state index in [0.29, 0.717) is 23.6 Å². The fourth-order valence-electron chi connectivity index (χ4n) is 1.64. The predicted octanol–water partition coefficient (Wildman–Crippen LogP) is 0.511. The van der Waals surface area contributed by atoms with Crippen LogP contribution in [-0.4, -0.2) is 33.9 Å². The standard InChI is InChI=1S/C10H14N4O2/c1-4-14(6-9(15)16)10-8(5-11)7(2)12-13(10)3/h4,6H2,1-3H3,(H,15,16). The van der Waals surface area contributed by atoms with Crippen LogP contribution in [0.1, 0.15) is 18.2 Å². The Morgan fingerprint density at radius 1 is 1.69 bits per heavy atom. The van der Waals surface area contributed by atoms with Gasteiger partial charge in [0.15, 0.2) is 0 Å². The number of rotatable bonds is 4. The van der Waals surface area contributed by atoms with E-state index in [-0.39, 0.29) is 6.54 Å². The third kappa shape index (κ3) is 2.14.